The van der Waals surface area contributed by atoms with Crippen molar-refractivity contribution in [1.82, 2.24) is 15.2 Å². The van der Waals surface area contributed by atoms with E-state index in [0.29, 0.717) is 12.1 Å². The van der Waals surface area contributed by atoms with Crippen LogP contribution in [0, 0.1) is 13.8 Å². The Kier molecular flexibility index (Phi) is 5.43. The number of rotatable bonds is 5. The third kappa shape index (κ3) is 4.10. The van der Waals surface area contributed by atoms with Gasteiger partial charge in [-0.05, 0) is 45.0 Å². The zero-order chi connectivity index (χ0) is 16.9. The highest BCUT2D eigenvalue weighted by molar-refractivity contribution is 5.98. The molecule has 5 heteroatoms. The lowest BCUT2D eigenvalue weighted by Gasteiger charge is -2.26. The van der Waals surface area contributed by atoms with Gasteiger partial charge in [0.05, 0.1) is 30.0 Å². The van der Waals surface area contributed by atoms with Gasteiger partial charge >= 0.3 is 0 Å². The molecule has 1 aliphatic rings. The number of morpholine rings is 1. The number of carbonyl (C=O) groups is 1. The van der Waals surface area contributed by atoms with E-state index in [0.717, 1.165) is 55.9 Å². The highest BCUT2D eigenvalue weighted by atomic mass is 16.5. The molecule has 0 atom stereocenters. The van der Waals surface area contributed by atoms with Gasteiger partial charge in [-0.1, -0.05) is 11.6 Å². The fourth-order valence-corrected chi connectivity index (χ4v) is 3.05. The van der Waals surface area contributed by atoms with Crippen LogP contribution in [0.3, 0.4) is 0 Å². The smallest absolute Gasteiger partial charge is 0.253 e. The quantitative estimate of drug-likeness (QED) is 0.856. The average molecular weight is 327 g/mol. The maximum absolute atomic E-state index is 12.5. The average Bonchev–Trinajstić information content (AvgIpc) is 2.59. The number of aryl methyl sites for hydroxylation is 2. The maximum Gasteiger partial charge on any atom is 0.253 e. The van der Waals surface area contributed by atoms with Crippen LogP contribution in [0.4, 0.5) is 0 Å². The molecule has 1 N–H and O–H groups in total. The van der Waals surface area contributed by atoms with Crippen molar-refractivity contribution >= 4 is 16.8 Å². The molecule has 1 aromatic heterocycles. The second-order valence-electron chi connectivity index (χ2n) is 6.38. The number of ether oxygens (including phenoxy) is 1. The van der Waals surface area contributed by atoms with Crippen molar-refractivity contribution in [3.05, 3.63) is 41.1 Å². The molecule has 3 rings (SSSR count). The Morgan fingerprint density at radius 2 is 2.04 bits per heavy atom. The summed E-state index contributed by atoms with van der Waals surface area (Å²) in [7, 11) is 0. The van der Waals surface area contributed by atoms with Crippen LogP contribution in [0.2, 0.25) is 0 Å². The van der Waals surface area contributed by atoms with Crippen molar-refractivity contribution in [3.8, 4) is 0 Å². The van der Waals surface area contributed by atoms with Crippen molar-refractivity contribution < 1.29 is 9.53 Å². The molecule has 5 nitrogen and oxygen atoms in total. The number of aromatic nitrogens is 1. The first kappa shape index (κ1) is 16.9. The van der Waals surface area contributed by atoms with Crippen LogP contribution < -0.4 is 5.32 Å². The Hall–Kier alpha value is -1.98. The van der Waals surface area contributed by atoms with Crippen LogP contribution in [0.25, 0.3) is 10.9 Å². The Morgan fingerprint density at radius 1 is 1.25 bits per heavy atom. The van der Waals surface area contributed by atoms with Crippen LogP contribution in [0.5, 0.6) is 0 Å². The number of nitrogens with one attached hydrogen (secondary N) is 1. The molecule has 128 valence electrons. The summed E-state index contributed by atoms with van der Waals surface area (Å²) in [6.45, 7) is 9.22. The number of carbonyl (C=O) groups excluding carboxylic acids is 1. The minimum atomic E-state index is -0.0367. The first-order valence-corrected chi connectivity index (χ1v) is 8.60. The van der Waals surface area contributed by atoms with Crippen molar-refractivity contribution in [2.75, 3.05) is 39.4 Å². The number of hydrogen-bond donors (Lipinski definition) is 1. The largest absolute Gasteiger partial charge is 0.379 e. The van der Waals surface area contributed by atoms with Crippen LogP contribution in [0.15, 0.2) is 24.3 Å². The lowest BCUT2D eigenvalue weighted by molar-refractivity contribution is 0.0374. The monoisotopic (exact) mass is 327 g/mol. The molecule has 1 amide bonds. The third-order valence-electron chi connectivity index (χ3n) is 4.45. The molecule has 0 radical (unpaired) electrons. The van der Waals surface area contributed by atoms with Crippen molar-refractivity contribution in [2.24, 2.45) is 0 Å². The molecule has 24 heavy (non-hydrogen) atoms. The van der Waals surface area contributed by atoms with Crippen LogP contribution in [-0.2, 0) is 4.74 Å². The van der Waals surface area contributed by atoms with E-state index in [1.807, 2.05) is 32.0 Å². The Balaban J connectivity index is 1.58. The van der Waals surface area contributed by atoms with Gasteiger partial charge in [-0.25, -0.2) is 0 Å². The van der Waals surface area contributed by atoms with E-state index in [1.54, 1.807) is 0 Å². The molecule has 1 saturated heterocycles. The molecule has 1 fully saturated rings. The number of nitrogens with zero attached hydrogens (tertiary/aromatic N) is 2. The molecule has 0 bridgehead atoms. The van der Waals surface area contributed by atoms with Crippen LogP contribution in [0.1, 0.15) is 28.0 Å². The molecule has 0 spiro atoms. The highest BCUT2D eigenvalue weighted by Gasteiger charge is 2.13. The molecule has 0 saturated carbocycles. The predicted octanol–water partition coefficient (Wildman–Crippen LogP) is 2.30. The van der Waals surface area contributed by atoms with E-state index in [9.17, 15) is 4.79 Å². The first-order chi connectivity index (χ1) is 11.6. The molecule has 2 aromatic rings. The lowest BCUT2D eigenvalue weighted by Crippen LogP contribution is -2.38. The number of pyridine rings is 1. The normalized spacial score (nSPS) is 15.6. The zero-order valence-electron chi connectivity index (χ0n) is 14.5. The third-order valence-corrected chi connectivity index (χ3v) is 4.45. The van der Waals surface area contributed by atoms with Crippen molar-refractivity contribution in [1.29, 1.82) is 0 Å². The lowest BCUT2D eigenvalue weighted by atomic mass is 10.1. The SMILES string of the molecule is Cc1ccc2nc(C)c(C(=O)NCCCN3CCOCC3)cc2c1. The van der Waals surface area contributed by atoms with E-state index in [2.05, 4.69) is 21.3 Å². The molecular weight excluding hydrogens is 302 g/mol. The summed E-state index contributed by atoms with van der Waals surface area (Å²) in [6.07, 6.45) is 0.949. The topological polar surface area (TPSA) is 54.5 Å². The minimum absolute atomic E-state index is 0.0367. The van der Waals surface area contributed by atoms with Crippen LogP contribution in [-0.4, -0.2) is 55.2 Å². The van der Waals surface area contributed by atoms with Gasteiger partial charge in [-0.15, -0.1) is 0 Å². The number of benzene rings is 1. The molecule has 1 aliphatic heterocycles. The summed E-state index contributed by atoms with van der Waals surface area (Å²) < 4.78 is 5.34. The summed E-state index contributed by atoms with van der Waals surface area (Å²) in [5.74, 6) is -0.0367. The van der Waals surface area contributed by atoms with Gasteiger partial charge < -0.3 is 10.1 Å². The number of amides is 1. The second kappa shape index (κ2) is 7.73. The van der Waals surface area contributed by atoms with E-state index in [1.165, 1.54) is 5.56 Å². The predicted molar refractivity (Wildman–Crippen MR) is 95.4 cm³/mol. The summed E-state index contributed by atoms with van der Waals surface area (Å²) in [5, 5.41) is 4.03. The standard InChI is InChI=1S/C19H25N3O2/c1-14-4-5-18-16(12-14)13-17(15(2)21-18)19(23)20-6-3-7-22-8-10-24-11-9-22/h4-5,12-13H,3,6-11H2,1-2H3,(H,20,23). The minimum Gasteiger partial charge on any atom is -0.379 e. The molecule has 1 aromatic carbocycles. The number of fused-ring (bicyclic) bond motifs is 1. The Labute approximate surface area is 143 Å². The van der Waals surface area contributed by atoms with Gasteiger partial charge in [-0.3, -0.25) is 14.7 Å². The number of hydrogen-bond acceptors (Lipinski definition) is 4. The summed E-state index contributed by atoms with van der Waals surface area (Å²) in [5.41, 5.74) is 3.54. The zero-order valence-corrected chi connectivity index (χ0v) is 14.5. The molecular formula is C19H25N3O2. The summed E-state index contributed by atoms with van der Waals surface area (Å²) in [6, 6.07) is 8.06. The van der Waals surface area contributed by atoms with E-state index in [-0.39, 0.29) is 5.91 Å². The Morgan fingerprint density at radius 3 is 2.83 bits per heavy atom. The Bertz CT molecular complexity index is 724. The van der Waals surface area contributed by atoms with Gasteiger partial charge in [0.1, 0.15) is 0 Å². The van der Waals surface area contributed by atoms with Crippen molar-refractivity contribution in [2.45, 2.75) is 20.3 Å². The fraction of sp³-hybridized carbons (Fsp3) is 0.474. The van der Waals surface area contributed by atoms with Gasteiger partial charge in [0.25, 0.3) is 5.91 Å². The van der Waals surface area contributed by atoms with Gasteiger partial charge in [0.2, 0.25) is 0 Å². The van der Waals surface area contributed by atoms with Gasteiger partial charge in [0, 0.05) is 25.0 Å². The van der Waals surface area contributed by atoms with Gasteiger partial charge in [-0.2, -0.15) is 0 Å². The highest BCUT2D eigenvalue weighted by Crippen LogP contribution is 2.18. The maximum atomic E-state index is 12.5. The van der Waals surface area contributed by atoms with E-state index in [4.69, 9.17) is 4.74 Å². The second-order valence-corrected chi connectivity index (χ2v) is 6.38. The molecule has 0 unspecified atom stereocenters. The first-order valence-electron chi connectivity index (χ1n) is 8.60. The summed E-state index contributed by atoms with van der Waals surface area (Å²) in [4.78, 5) is 19.4. The fourth-order valence-electron chi connectivity index (χ4n) is 3.05. The van der Waals surface area contributed by atoms with Crippen LogP contribution >= 0.6 is 0 Å². The van der Waals surface area contributed by atoms with Gasteiger partial charge in [0.15, 0.2) is 0 Å². The molecule has 2 heterocycles. The van der Waals surface area contributed by atoms with E-state index < -0.39 is 0 Å². The summed E-state index contributed by atoms with van der Waals surface area (Å²) >= 11 is 0. The van der Waals surface area contributed by atoms with Crippen molar-refractivity contribution in [3.63, 3.8) is 0 Å². The van der Waals surface area contributed by atoms with E-state index >= 15 is 0 Å². The molecule has 0 aliphatic carbocycles.